The molecule has 0 radical (unpaired) electrons. The second-order valence-electron chi connectivity index (χ2n) is 16.6. The molecule has 3 aliphatic rings. The van der Waals surface area contributed by atoms with Crippen LogP contribution < -0.4 is 35.0 Å². The molecule has 0 N–H and O–H groups in total. The van der Waals surface area contributed by atoms with Crippen molar-refractivity contribution in [2.45, 2.75) is 38.5 Å². The van der Waals surface area contributed by atoms with Gasteiger partial charge in [0, 0.05) is 73.8 Å². The van der Waals surface area contributed by atoms with Gasteiger partial charge >= 0.3 is 0 Å². The minimum Gasteiger partial charge on any atom is -0.545 e. The molecule has 7 aromatic rings. The molecule has 7 aromatic carbocycles. The van der Waals surface area contributed by atoms with Crippen molar-refractivity contribution < 1.29 is 24.5 Å². The van der Waals surface area contributed by atoms with E-state index >= 15 is 0 Å². The van der Waals surface area contributed by atoms with Gasteiger partial charge in [-0.2, -0.15) is 4.58 Å². The maximum absolute atomic E-state index is 13.4. The van der Waals surface area contributed by atoms with Crippen LogP contribution in [-0.4, -0.2) is 25.0 Å². The first-order valence-corrected chi connectivity index (χ1v) is 19.9. The van der Waals surface area contributed by atoms with Gasteiger partial charge in [0.1, 0.15) is 11.5 Å². The fraction of sp³-hybridized carbons (Fsp3) is 0.163. The van der Waals surface area contributed by atoms with Crippen molar-refractivity contribution >= 4 is 79.3 Å². The minimum absolute atomic E-state index is 0.0687. The maximum Gasteiger partial charge on any atom is 0.221 e. The zero-order valence-corrected chi connectivity index (χ0v) is 33.6. The molecule has 0 aliphatic carbocycles. The van der Waals surface area contributed by atoms with E-state index in [9.17, 15) is 19.8 Å². The van der Waals surface area contributed by atoms with Gasteiger partial charge in [-0.25, -0.2) is 0 Å². The summed E-state index contributed by atoms with van der Waals surface area (Å²) in [6, 6.07) is 37.4. The summed E-state index contributed by atoms with van der Waals surface area (Å²) < 4.78 is 9.89. The van der Waals surface area contributed by atoms with Crippen molar-refractivity contribution in [3.8, 4) is 11.5 Å². The Morgan fingerprint density at radius 1 is 0.690 bits per heavy atom. The van der Waals surface area contributed by atoms with Gasteiger partial charge in [0.15, 0.2) is 6.54 Å². The number of hydrogen-bond donors (Lipinski definition) is 0. The van der Waals surface area contributed by atoms with Crippen LogP contribution in [0.25, 0.3) is 27.1 Å². The van der Waals surface area contributed by atoms with Gasteiger partial charge < -0.3 is 29.4 Å². The van der Waals surface area contributed by atoms with E-state index in [0.29, 0.717) is 40.9 Å². The summed E-state index contributed by atoms with van der Waals surface area (Å²) in [7, 11) is 0. The highest BCUT2D eigenvalue weighted by molar-refractivity contribution is 6.40. The number of carbonyl (C=O) groups is 2. The number of fused-ring (bicyclic) bond motifs is 12. The molecule has 3 aliphatic heterocycles. The molecule has 0 fully saturated rings. The number of ether oxygens (including phenoxy) is 1. The highest BCUT2D eigenvalue weighted by Gasteiger charge is 2.48. The summed E-state index contributed by atoms with van der Waals surface area (Å²) in [5.74, 6) is -2.11. The van der Waals surface area contributed by atoms with Crippen molar-refractivity contribution in [1.82, 2.24) is 4.58 Å². The van der Waals surface area contributed by atoms with Crippen LogP contribution in [0, 0.1) is 0 Å². The van der Waals surface area contributed by atoms with E-state index in [1.165, 1.54) is 0 Å². The first-order chi connectivity index (χ1) is 27.8. The highest BCUT2D eigenvalue weighted by Crippen LogP contribution is 2.58. The summed E-state index contributed by atoms with van der Waals surface area (Å²) in [6.45, 7) is 9.97. The SMILES string of the molecule is CC1(C)CN(c2ccccc2)c2c1c1c(c3ccccc23)C(c2c(Cl)c(C(=O)[O-])cc(Cl)c2C(=O)[O-])=c2c(c3c(c4ccccc24)=[N+](c2ccccc2)CC3(C)C)O1. The van der Waals surface area contributed by atoms with Gasteiger partial charge in [-0.1, -0.05) is 116 Å². The molecule has 58 heavy (non-hydrogen) atoms. The molecule has 0 bridgehead atoms. The van der Waals surface area contributed by atoms with Crippen LogP contribution in [0.5, 0.6) is 11.5 Å². The molecule has 7 nitrogen and oxygen atoms in total. The Hall–Kier alpha value is -6.15. The number of carboxylic acids is 2. The predicted molar refractivity (Wildman–Crippen MR) is 226 cm³/mol. The Bertz CT molecular complexity index is 3120. The third kappa shape index (κ3) is 5.03. The standard InChI is InChI=1S/C49H36Cl2N2O5/c1-48(2)24-52(26-15-7-5-8-16-26)42-30-21-13-11-19-28(30)34-37(38-36(47(56)57)33(50)23-32(41(38)51)46(54)55)35-29-20-12-14-22-31(29)43-40(45(35)58-44(34)39(42)48)49(3,4)25-53(43)27-17-9-6-10-18-27/h5-23H,24-25H2,1-4H3,(H-,54,55,56,57)/p-1. The fourth-order valence-corrected chi connectivity index (χ4v) is 10.4. The zero-order chi connectivity index (χ0) is 40.4. The lowest BCUT2D eigenvalue weighted by molar-refractivity contribution is -0.256. The number of nitrogens with zero attached hydrogens (tertiary/aromatic N) is 2. The molecular weight excluding hydrogens is 767 g/mol. The maximum atomic E-state index is 13.4. The summed E-state index contributed by atoms with van der Waals surface area (Å²) in [5, 5.41) is 30.4. The van der Waals surface area contributed by atoms with Crippen LogP contribution in [0.15, 0.2) is 115 Å². The quantitative estimate of drug-likeness (QED) is 0.164. The van der Waals surface area contributed by atoms with E-state index in [-0.39, 0.29) is 15.6 Å². The number of para-hydroxylation sites is 2. The smallest absolute Gasteiger partial charge is 0.221 e. The average molecular weight is 803 g/mol. The molecule has 9 heteroatoms. The summed E-state index contributed by atoms with van der Waals surface area (Å²) >= 11 is 14.0. The summed E-state index contributed by atoms with van der Waals surface area (Å²) in [6.07, 6.45) is 0. The van der Waals surface area contributed by atoms with Crippen LogP contribution >= 0.6 is 23.2 Å². The van der Waals surface area contributed by atoms with Crippen LogP contribution in [0.3, 0.4) is 0 Å². The van der Waals surface area contributed by atoms with Crippen LogP contribution in [0.1, 0.15) is 70.7 Å². The number of rotatable bonds is 5. The molecule has 0 unspecified atom stereocenters. The Morgan fingerprint density at radius 3 is 1.95 bits per heavy atom. The van der Waals surface area contributed by atoms with Crippen molar-refractivity contribution in [3.05, 3.63) is 169 Å². The van der Waals surface area contributed by atoms with Crippen LogP contribution in [0.2, 0.25) is 10.0 Å². The lowest BCUT2D eigenvalue weighted by Crippen LogP contribution is -2.33. The van der Waals surface area contributed by atoms with Gasteiger partial charge in [-0.3, -0.25) is 0 Å². The Balaban J connectivity index is 1.52. The van der Waals surface area contributed by atoms with Gasteiger partial charge in [-0.15, -0.1) is 0 Å². The zero-order valence-electron chi connectivity index (χ0n) is 32.1. The van der Waals surface area contributed by atoms with Crippen LogP contribution in [0.4, 0.5) is 17.1 Å². The first kappa shape index (κ1) is 36.2. The second-order valence-corrected chi connectivity index (χ2v) is 17.4. The van der Waals surface area contributed by atoms with E-state index in [2.05, 4.69) is 73.6 Å². The molecule has 0 atom stereocenters. The number of anilines is 2. The fourth-order valence-electron chi connectivity index (χ4n) is 9.76. The molecular formula is C49H35Cl2N2O5-. The molecule has 3 heterocycles. The van der Waals surface area contributed by atoms with E-state index in [4.69, 9.17) is 27.9 Å². The molecule has 0 aromatic heterocycles. The van der Waals surface area contributed by atoms with Crippen molar-refractivity contribution in [2.75, 3.05) is 18.0 Å². The first-order valence-electron chi connectivity index (χ1n) is 19.1. The number of benzene rings is 7. The molecule has 0 spiro atoms. The summed E-state index contributed by atoms with van der Waals surface area (Å²) in [5.41, 5.74) is 3.92. The molecule has 0 saturated heterocycles. The highest BCUT2D eigenvalue weighted by atomic mass is 35.5. The number of aromatic carboxylic acids is 2. The largest absolute Gasteiger partial charge is 0.545 e. The van der Waals surface area contributed by atoms with E-state index in [0.717, 1.165) is 61.2 Å². The third-order valence-electron chi connectivity index (χ3n) is 12.0. The predicted octanol–water partition coefficient (Wildman–Crippen LogP) is 7.92. The monoisotopic (exact) mass is 801 g/mol. The lowest BCUT2D eigenvalue weighted by Gasteiger charge is -2.32. The van der Waals surface area contributed by atoms with E-state index in [1.807, 2.05) is 72.8 Å². The molecule has 286 valence electrons. The number of carbonyl (C=O) groups excluding carboxylic acids is 2. The molecule has 0 saturated carbocycles. The average Bonchev–Trinajstić information content (AvgIpc) is 3.67. The molecule has 0 amide bonds. The topological polar surface area (TPSA) is 95.7 Å². The summed E-state index contributed by atoms with van der Waals surface area (Å²) in [4.78, 5) is 28.5. The van der Waals surface area contributed by atoms with Gasteiger partial charge in [0.05, 0.1) is 44.0 Å². The molecule has 10 rings (SSSR count). The second kappa shape index (κ2) is 12.7. The van der Waals surface area contributed by atoms with Gasteiger partial charge in [0.2, 0.25) is 11.0 Å². The number of carboxylic acid groups (broad SMARTS) is 2. The van der Waals surface area contributed by atoms with Crippen molar-refractivity contribution in [2.24, 2.45) is 0 Å². The third-order valence-corrected chi connectivity index (χ3v) is 12.7. The van der Waals surface area contributed by atoms with Crippen LogP contribution in [-0.2, 0) is 10.8 Å². The minimum atomic E-state index is -1.60. The van der Waals surface area contributed by atoms with Gasteiger partial charge in [-0.05, 0) is 48.9 Å². The lowest BCUT2D eigenvalue weighted by atomic mass is 9.77. The Kier molecular flexibility index (Phi) is 7.91. The Labute approximate surface area is 344 Å². The van der Waals surface area contributed by atoms with Gasteiger partial charge in [0.25, 0.3) is 0 Å². The van der Waals surface area contributed by atoms with Crippen molar-refractivity contribution in [1.29, 1.82) is 0 Å². The normalized spacial score (nSPS) is 15.9. The number of hydrogen-bond acceptors (Lipinski definition) is 6. The Morgan fingerprint density at radius 2 is 1.29 bits per heavy atom. The van der Waals surface area contributed by atoms with E-state index in [1.54, 1.807) is 0 Å². The van der Waals surface area contributed by atoms with Crippen molar-refractivity contribution in [3.63, 3.8) is 0 Å². The van der Waals surface area contributed by atoms with E-state index < -0.39 is 33.9 Å². The number of halogens is 2.